The Morgan fingerprint density at radius 2 is 1.72 bits per heavy atom. The fourth-order valence-corrected chi connectivity index (χ4v) is 1.78. The smallest absolute Gasteiger partial charge is 0.372 e. The quantitative estimate of drug-likeness (QED) is 0.894. The van der Waals surface area contributed by atoms with Gasteiger partial charge >= 0.3 is 6.18 Å². The Hall–Kier alpha value is -1.82. The van der Waals surface area contributed by atoms with E-state index < -0.39 is 11.8 Å². The molecular formula is C12H11F3N2O. The molecule has 2 aromatic rings. The third-order valence-corrected chi connectivity index (χ3v) is 2.72. The molecule has 0 amide bonds. The van der Waals surface area contributed by atoms with E-state index in [4.69, 9.17) is 0 Å². The molecule has 2 rings (SSSR count). The lowest BCUT2D eigenvalue weighted by atomic mass is 9.88. The maximum absolute atomic E-state index is 13.2. The first kappa shape index (κ1) is 12.6. The van der Waals surface area contributed by atoms with E-state index in [-0.39, 0.29) is 11.1 Å². The SMILES string of the molecule is Cn1cc(C(O)(c2ccccc2)C(F)(F)F)cn1. The molecule has 1 atom stereocenters. The molecule has 0 aliphatic heterocycles. The van der Waals surface area contributed by atoms with Crippen molar-refractivity contribution < 1.29 is 18.3 Å². The molecule has 1 unspecified atom stereocenters. The highest BCUT2D eigenvalue weighted by molar-refractivity contribution is 5.35. The summed E-state index contributed by atoms with van der Waals surface area (Å²) in [5, 5.41) is 13.8. The Balaban J connectivity index is 2.63. The van der Waals surface area contributed by atoms with Crippen LogP contribution in [0.5, 0.6) is 0 Å². The van der Waals surface area contributed by atoms with Crippen LogP contribution in [0.15, 0.2) is 42.7 Å². The standard InChI is InChI=1S/C12H11F3N2O/c1-17-8-10(7-16-17)11(18,12(13,14)15)9-5-3-2-4-6-9/h2-8,18H,1H3. The number of nitrogens with zero attached hydrogens (tertiary/aromatic N) is 2. The van der Waals surface area contributed by atoms with Crippen molar-refractivity contribution in [3.63, 3.8) is 0 Å². The van der Waals surface area contributed by atoms with E-state index in [9.17, 15) is 18.3 Å². The molecule has 0 bridgehead atoms. The van der Waals surface area contributed by atoms with Crippen molar-refractivity contribution in [2.24, 2.45) is 7.05 Å². The third kappa shape index (κ3) is 1.88. The maximum Gasteiger partial charge on any atom is 0.425 e. The van der Waals surface area contributed by atoms with Crippen LogP contribution in [0, 0.1) is 0 Å². The normalized spacial score (nSPS) is 15.4. The van der Waals surface area contributed by atoms with Gasteiger partial charge in [-0.05, 0) is 5.56 Å². The van der Waals surface area contributed by atoms with Gasteiger partial charge in [-0.15, -0.1) is 0 Å². The van der Waals surface area contributed by atoms with Crippen molar-refractivity contribution in [3.05, 3.63) is 53.9 Å². The van der Waals surface area contributed by atoms with E-state index in [1.807, 2.05) is 0 Å². The number of aliphatic hydroxyl groups is 1. The van der Waals surface area contributed by atoms with Crippen LogP contribution in [0.3, 0.4) is 0 Å². The Bertz CT molecular complexity index is 536. The zero-order chi connectivity index (χ0) is 13.4. The molecule has 1 N–H and O–H groups in total. The summed E-state index contributed by atoms with van der Waals surface area (Å²) in [4.78, 5) is 0. The molecule has 1 aromatic carbocycles. The molecule has 0 spiro atoms. The molecule has 0 aliphatic rings. The third-order valence-electron chi connectivity index (χ3n) is 2.72. The molecule has 1 heterocycles. The summed E-state index contributed by atoms with van der Waals surface area (Å²) in [6.45, 7) is 0. The van der Waals surface area contributed by atoms with Gasteiger partial charge in [0.25, 0.3) is 0 Å². The van der Waals surface area contributed by atoms with Crippen LogP contribution in [0.25, 0.3) is 0 Å². The first-order chi connectivity index (χ1) is 8.35. The van der Waals surface area contributed by atoms with Gasteiger partial charge in [-0.2, -0.15) is 18.3 Å². The predicted octanol–water partition coefficient (Wildman–Crippen LogP) is 2.22. The lowest BCUT2D eigenvalue weighted by molar-refractivity contribution is -0.248. The zero-order valence-electron chi connectivity index (χ0n) is 9.52. The number of benzene rings is 1. The molecule has 6 heteroatoms. The number of hydrogen-bond donors (Lipinski definition) is 1. The van der Waals surface area contributed by atoms with Crippen LogP contribution in [0.4, 0.5) is 13.2 Å². The van der Waals surface area contributed by atoms with Crippen LogP contribution in [0.1, 0.15) is 11.1 Å². The fraction of sp³-hybridized carbons (Fsp3) is 0.250. The first-order valence-corrected chi connectivity index (χ1v) is 5.19. The van der Waals surface area contributed by atoms with E-state index in [1.54, 1.807) is 6.07 Å². The van der Waals surface area contributed by atoms with E-state index in [0.717, 1.165) is 12.4 Å². The summed E-state index contributed by atoms with van der Waals surface area (Å²) in [5.41, 5.74) is -3.57. The van der Waals surface area contributed by atoms with Crippen LogP contribution in [0.2, 0.25) is 0 Å². The van der Waals surface area contributed by atoms with Gasteiger partial charge < -0.3 is 5.11 Å². The summed E-state index contributed by atoms with van der Waals surface area (Å²) in [6, 6.07) is 6.95. The highest BCUT2D eigenvalue weighted by Gasteiger charge is 2.56. The van der Waals surface area contributed by atoms with Crippen LogP contribution >= 0.6 is 0 Å². The minimum absolute atomic E-state index is 0.231. The highest BCUT2D eigenvalue weighted by atomic mass is 19.4. The van der Waals surface area contributed by atoms with Crippen molar-refractivity contribution in [3.8, 4) is 0 Å². The summed E-state index contributed by atoms with van der Waals surface area (Å²) in [5.74, 6) is 0. The summed E-state index contributed by atoms with van der Waals surface area (Å²) < 4.78 is 40.8. The molecule has 1 aromatic heterocycles. The molecule has 0 saturated carbocycles. The Labute approximate surface area is 101 Å². The van der Waals surface area contributed by atoms with Gasteiger partial charge in [-0.1, -0.05) is 30.3 Å². The van der Waals surface area contributed by atoms with Gasteiger partial charge in [0.15, 0.2) is 0 Å². The lowest BCUT2D eigenvalue weighted by Gasteiger charge is -2.30. The van der Waals surface area contributed by atoms with E-state index in [2.05, 4.69) is 5.10 Å². The maximum atomic E-state index is 13.2. The van der Waals surface area contributed by atoms with Crippen molar-refractivity contribution in [2.75, 3.05) is 0 Å². The van der Waals surface area contributed by atoms with Gasteiger partial charge in [0.2, 0.25) is 5.60 Å². The second-order valence-electron chi connectivity index (χ2n) is 3.98. The average molecular weight is 256 g/mol. The summed E-state index contributed by atoms with van der Waals surface area (Å²) in [7, 11) is 1.49. The van der Waals surface area contributed by atoms with E-state index >= 15 is 0 Å². The minimum Gasteiger partial charge on any atom is -0.372 e. The van der Waals surface area contributed by atoms with Crippen molar-refractivity contribution in [2.45, 2.75) is 11.8 Å². The number of aryl methyl sites for hydroxylation is 1. The minimum atomic E-state index is -4.82. The number of halogens is 3. The summed E-state index contributed by atoms with van der Waals surface area (Å²) >= 11 is 0. The van der Waals surface area contributed by atoms with Crippen LogP contribution < -0.4 is 0 Å². The molecular weight excluding hydrogens is 245 g/mol. The molecule has 3 nitrogen and oxygen atoms in total. The summed E-state index contributed by atoms with van der Waals surface area (Å²) in [6.07, 6.45) is -2.65. The van der Waals surface area contributed by atoms with Gasteiger partial charge in [0.05, 0.1) is 6.20 Å². The van der Waals surface area contributed by atoms with E-state index in [0.29, 0.717) is 0 Å². The number of aromatic nitrogens is 2. The number of hydrogen-bond acceptors (Lipinski definition) is 2. The van der Waals surface area contributed by atoms with Crippen molar-refractivity contribution >= 4 is 0 Å². The Kier molecular flexibility index (Phi) is 2.90. The van der Waals surface area contributed by atoms with Crippen LogP contribution in [-0.4, -0.2) is 21.1 Å². The van der Waals surface area contributed by atoms with Gasteiger partial charge in [-0.3, -0.25) is 4.68 Å². The predicted molar refractivity (Wildman–Crippen MR) is 58.7 cm³/mol. The molecule has 18 heavy (non-hydrogen) atoms. The van der Waals surface area contributed by atoms with Crippen LogP contribution in [-0.2, 0) is 12.6 Å². The lowest BCUT2D eigenvalue weighted by Crippen LogP contribution is -2.43. The van der Waals surface area contributed by atoms with Crippen molar-refractivity contribution in [1.82, 2.24) is 9.78 Å². The second-order valence-corrected chi connectivity index (χ2v) is 3.98. The average Bonchev–Trinajstić information content (AvgIpc) is 2.75. The highest BCUT2D eigenvalue weighted by Crippen LogP contribution is 2.43. The first-order valence-electron chi connectivity index (χ1n) is 5.19. The Morgan fingerprint density at radius 3 is 2.17 bits per heavy atom. The molecule has 0 saturated heterocycles. The van der Waals surface area contributed by atoms with Gasteiger partial charge in [0.1, 0.15) is 0 Å². The number of rotatable bonds is 2. The topological polar surface area (TPSA) is 38.0 Å². The van der Waals surface area contributed by atoms with Gasteiger partial charge in [0, 0.05) is 18.8 Å². The zero-order valence-corrected chi connectivity index (χ0v) is 9.52. The molecule has 0 aliphatic carbocycles. The molecule has 96 valence electrons. The molecule has 0 radical (unpaired) electrons. The van der Waals surface area contributed by atoms with Crippen molar-refractivity contribution in [1.29, 1.82) is 0 Å². The van der Waals surface area contributed by atoms with E-state index in [1.165, 1.54) is 36.0 Å². The van der Waals surface area contributed by atoms with Gasteiger partial charge in [-0.25, -0.2) is 0 Å². The number of alkyl halides is 3. The largest absolute Gasteiger partial charge is 0.425 e. The second kappa shape index (κ2) is 4.13. The molecule has 0 fully saturated rings. The fourth-order valence-electron chi connectivity index (χ4n) is 1.78. The monoisotopic (exact) mass is 256 g/mol. The Morgan fingerprint density at radius 1 is 1.11 bits per heavy atom.